The van der Waals surface area contributed by atoms with E-state index in [9.17, 15) is 18.0 Å². The topological polar surface area (TPSA) is 95.6 Å². The molecule has 29 heavy (non-hydrogen) atoms. The highest BCUT2D eigenvalue weighted by Gasteiger charge is 2.22. The molecule has 0 spiro atoms. The van der Waals surface area contributed by atoms with E-state index < -0.39 is 10.0 Å². The molecule has 2 amide bonds. The molecule has 7 nitrogen and oxygen atoms in total. The molecule has 1 aliphatic rings. The van der Waals surface area contributed by atoms with E-state index in [1.807, 2.05) is 13.0 Å². The Hall–Kier alpha value is -2.71. The van der Waals surface area contributed by atoms with Crippen LogP contribution in [0.2, 0.25) is 0 Å². The van der Waals surface area contributed by atoms with E-state index in [4.69, 9.17) is 0 Å². The Morgan fingerprint density at radius 1 is 1.17 bits per heavy atom. The molecule has 0 aliphatic carbocycles. The summed E-state index contributed by atoms with van der Waals surface area (Å²) in [5, 5.41) is 2.79. The first-order chi connectivity index (χ1) is 13.8. The smallest absolute Gasteiger partial charge is 0.255 e. The van der Waals surface area contributed by atoms with Crippen LogP contribution < -0.4 is 14.9 Å². The molecule has 2 aromatic carbocycles. The van der Waals surface area contributed by atoms with Crippen LogP contribution in [0.15, 0.2) is 53.4 Å². The average Bonchev–Trinajstić information content (AvgIpc) is 3.14. The number of benzene rings is 2. The Bertz CT molecular complexity index is 1000. The Morgan fingerprint density at radius 2 is 1.90 bits per heavy atom. The molecule has 0 bridgehead atoms. The highest BCUT2D eigenvalue weighted by atomic mass is 32.2. The van der Waals surface area contributed by atoms with E-state index in [1.165, 1.54) is 24.3 Å². The SMILES string of the molecule is CC[C@H](C)NS(=O)(=O)c1ccc(C(=O)Nc2cccc(N3CCCC3=O)c2)cc1. The molecule has 1 saturated heterocycles. The van der Waals surface area contributed by atoms with Crippen LogP contribution in [0.3, 0.4) is 0 Å². The van der Waals surface area contributed by atoms with Gasteiger partial charge in [-0.2, -0.15) is 0 Å². The Labute approximate surface area is 171 Å². The summed E-state index contributed by atoms with van der Waals surface area (Å²) in [6.07, 6.45) is 2.05. The predicted molar refractivity (Wildman–Crippen MR) is 112 cm³/mol. The fourth-order valence-electron chi connectivity index (χ4n) is 3.08. The summed E-state index contributed by atoms with van der Waals surface area (Å²) in [6, 6.07) is 12.8. The molecule has 2 N–H and O–H groups in total. The molecule has 8 heteroatoms. The monoisotopic (exact) mass is 415 g/mol. The quantitative estimate of drug-likeness (QED) is 0.726. The fraction of sp³-hybridized carbons (Fsp3) is 0.333. The molecule has 0 unspecified atom stereocenters. The van der Waals surface area contributed by atoms with Crippen LogP contribution in [0.4, 0.5) is 11.4 Å². The van der Waals surface area contributed by atoms with Gasteiger partial charge in [-0.05, 0) is 62.2 Å². The van der Waals surface area contributed by atoms with Crippen LogP contribution in [0.1, 0.15) is 43.5 Å². The van der Waals surface area contributed by atoms with Crippen molar-refractivity contribution < 1.29 is 18.0 Å². The minimum atomic E-state index is -3.61. The van der Waals surface area contributed by atoms with Crippen LogP contribution in [-0.2, 0) is 14.8 Å². The second-order valence-corrected chi connectivity index (χ2v) is 8.82. The van der Waals surface area contributed by atoms with Crippen LogP contribution >= 0.6 is 0 Å². The number of amides is 2. The van der Waals surface area contributed by atoms with Crippen LogP contribution in [0.25, 0.3) is 0 Å². The Morgan fingerprint density at radius 3 is 2.52 bits per heavy atom. The van der Waals surface area contributed by atoms with Gasteiger partial charge in [-0.15, -0.1) is 0 Å². The van der Waals surface area contributed by atoms with Crippen molar-refractivity contribution in [1.82, 2.24) is 4.72 Å². The molecule has 154 valence electrons. The third-order valence-corrected chi connectivity index (χ3v) is 6.49. The summed E-state index contributed by atoms with van der Waals surface area (Å²) >= 11 is 0. The molecule has 0 saturated carbocycles. The molecular weight excluding hydrogens is 390 g/mol. The van der Waals surface area contributed by atoms with Crippen LogP contribution in [0, 0.1) is 0 Å². The lowest BCUT2D eigenvalue weighted by molar-refractivity contribution is -0.117. The third-order valence-electron chi connectivity index (χ3n) is 4.88. The summed E-state index contributed by atoms with van der Waals surface area (Å²) in [6.45, 7) is 4.37. The summed E-state index contributed by atoms with van der Waals surface area (Å²) < 4.78 is 27.2. The number of nitrogens with zero attached hydrogens (tertiary/aromatic N) is 1. The van der Waals surface area contributed by atoms with Crippen molar-refractivity contribution in [3.63, 3.8) is 0 Å². The summed E-state index contributed by atoms with van der Waals surface area (Å²) in [5.41, 5.74) is 1.67. The van der Waals surface area contributed by atoms with E-state index in [0.717, 1.165) is 12.1 Å². The standard InChI is InChI=1S/C21H25N3O4S/c1-3-15(2)23-29(27,28)19-11-9-16(10-12-19)21(26)22-17-6-4-7-18(14-17)24-13-5-8-20(24)25/h4,6-7,9-12,14-15,23H,3,5,8,13H2,1-2H3,(H,22,26)/t15-/m0/s1. The van der Waals surface area contributed by atoms with Gasteiger partial charge in [0.1, 0.15) is 0 Å². The normalized spacial score (nSPS) is 15.4. The van der Waals surface area contributed by atoms with E-state index >= 15 is 0 Å². The number of rotatable bonds is 7. The van der Waals surface area contributed by atoms with E-state index in [-0.39, 0.29) is 22.8 Å². The van der Waals surface area contributed by atoms with Crippen LogP contribution in [-0.4, -0.2) is 32.8 Å². The highest BCUT2D eigenvalue weighted by molar-refractivity contribution is 7.89. The van der Waals surface area contributed by atoms with Gasteiger partial charge in [-0.25, -0.2) is 13.1 Å². The lowest BCUT2D eigenvalue weighted by Gasteiger charge is -2.17. The number of anilines is 2. The van der Waals surface area contributed by atoms with Gasteiger partial charge in [-0.3, -0.25) is 9.59 Å². The summed E-state index contributed by atoms with van der Waals surface area (Å²) in [5.74, 6) is -0.273. The maximum absolute atomic E-state index is 12.5. The van der Waals surface area contributed by atoms with Gasteiger partial charge >= 0.3 is 0 Å². The highest BCUT2D eigenvalue weighted by Crippen LogP contribution is 2.24. The third kappa shape index (κ3) is 5.02. The Balaban J connectivity index is 1.71. The predicted octanol–water partition coefficient (Wildman–Crippen LogP) is 3.14. The maximum atomic E-state index is 12.5. The second kappa shape index (κ2) is 8.75. The number of carbonyl (C=O) groups excluding carboxylic acids is 2. The van der Waals surface area contributed by atoms with Gasteiger partial charge in [0, 0.05) is 35.9 Å². The molecule has 2 aromatic rings. The lowest BCUT2D eigenvalue weighted by Crippen LogP contribution is -2.32. The van der Waals surface area contributed by atoms with E-state index in [2.05, 4.69) is 10.0 Å². The molecule has 1 heterocycles. The first kappa shape index (κ1) is 21.0. The maximum Gasteiger partial charge on any atom is 0.255 e. The number of carbonyl (C=O) groups is 2. The molecule has 0 radical (unpaired) electrons. The fourth-order valence-corrected chi connectivity index (χ4v) is 4.40. The first-order valence-corrected chi connectivity index (χ1v) is 11.1. The number of hydrogen-bond acceptors (Lipinski definition) is 4. The largest absolute Gasteiger partial charge is 0.322 e. The average molecular weight is 416 g/mol. The Kier molecular flexibility index (Phi) is 6.34. The minimum absolute atomic E-state index is 0.0799. The van der Waals surface area contributed by atoms with Crippen molar-refractivity contribution in [3.05, 3.63) is 54.1 Å². The lowest BCUT2D eigenvalue weighted by atomic mass is 10.2. The van der Waals surface area contributed by atoms with Gasteiger partial charge in [0.25, 0.3) is 5.91 Å². The number of nitrogens with one attached hydrogen (secondary N) is 2. The van der Waals surface area contributed by atoms with Crippen molar-refractivity contribution in [2.75, 3.05) is 16.8 Å². The van der Waals surface area contributed by atoms with E-state index in [0.29, 0.717) is 30.6 Å². The first-order valence-electron chi connectivity index (χ1n) is 9.64. The van der Waals surface area contributed by atoms with Crippen molar-refractivity contribution >= 4 is 33.2 Å². The van der Waals surface area contributed by atoms with Crippen molar-refractivity contribution in [1.29, 1.82) is 0 Å². The van der Waals surface area contributed by atoms with Crippen LogP contribution in [0.5, 0.6) is 0 Å². The van der Waals surface area contributed by atoms with Gasteiger partial charge in [0.15, 0.2) is 0 Å². The second-order valence-electron chi connectivity index (χ2n) is 7.11. The number of hydrogen-bond donors (Lipinski definition) is 2. The van der Waals surface area contributed by atoms with Gasteiger partial charge < -0.3 is 10.2 Å². The molecule has 1 fully saturated rings. The molecule has 0 aromatic heterocycles. The molecular formula is C21H25N3O4S. The van der Waals surface area contributed by atoms with Crippen molar-refractivity contribution in [2.45, 2.75) is 44.0 Å². The van der Waals surface area contributed by atoms with E-state index in [1.54, 1.807) is 30.0 Å². The molecule has 1 aliphatic heterocycles. The summed E-state index contributed by atoms with van der Waals surface area (Å²) in [7, 11) is -3.61. The molecule has 1 atom stereocenters. The van der Waals surface area contributed by atoms with Gasteiger partial charge in [0.05, 0.1) is 4.90 Å². The molecule has 3 rings (SSSR count). The zero-order valence-corrected chi connectivity index (χ0v) is 17.3. The summed E-state index contributed by atoms with van der Waals surface area (Å²) in [4.78, 5) is 26.3. The van der Waals surface area contributed by atoms with Crippen molar-refractivity contribution in [2.24, 2.45) is 0 Å². The van der Waals surface area contributed by atoms with Gasteiger partial charge in [0.2, 0.25) is 15.9 Å². The van der Waals surface area contributed by atoms with Crippen molar-refractivity contribution in [3.8, 4) is 0 Å². The van der Waals surface area contributed by atoms with Gasteiger partial charge in [-0.1, -0.05) is 13.0 Å². The minimum Gasteiger partial charge on any atom is -0.322 e. The number of sulfonamides is 1. The zero-order valence-electron chi connectivity index (χ0n) is 16.5. The zero-order chi connectivity index (χ0) is 21.0.